The van der Waals surface area contributed by atoms with Gasteiger partial charge in [-0.3, -0.25) is 14.4 Å². The van der Waals surface area contributed by atoms with E-state index in [1.54, 1.807) is 48.5 Å². The Balaban J connectivity index is 1.55. The molecule has 138 valence electrons. The summed E-state index contributed by atoms with van der Waals surface area (Å²) >= 11 is 3.44. The van der Waals surface area contributed by atoms with Gasteiger partial charge in [0, 0.05) is 10.0 Å². The first-order valence-electron chi connectivity index (χ1n) is 8.61. The summed E-state index contributed by atoms with van der Waals surface area (Å²) in [6.07, 6.45) is 0. The van der Waals surface area contributed by atoms with E-state index in [2.05, 4.69) is 21.2 Å². The lowest BCUT2D eigenvalue weighted by atomic mass is 10.1. The Morgan fingerprint density at radius 1 is 0.893 bits per heavy atom. The third-order valence-corrected chi connectivity index (χ3v) is 5.21. The Hall–Kier alpha value is -3.25. The molecule has 3 aromatic carbocycles. The monoisotopic (exact) mass is 434 g/mol. The minimum absolute atomic E-state index is 0.279. The summed E-state index contributed by atoms with van der Waals surface area (Å²) in [4.78, 5) is 38.7. The van der Waals surface area contributed by atoms with Gasteiger partial charge in [0.05, 0.1) is 22.5 Å². The van der Waals surface area contributed by atoms with E-state index in [1.165, 1.54) is 0 Å². The standard InChI is InChI=1S/C22H15BrN2O3/c1-13-6-11-19(18(23)12-13)24-20(26)14-7-9-15(10-8-14)25-21(27)16-4-2-3-5-17(16)22(25)28/h2-12H,1H3,(H,24,26). The summed E-state index contributed by atoms with van der Waals surface area (Å²) in [5.74, 6) is -0.999. The van der Waals surface area contributed by atoms with Crippen LogP contribution in [-0.2, 0) is 0 Å². The molecule has 0 fully saturated rings. The molecule has 6 heteroatoms. The number of aryl methyl sites for hydroxylation is 1. The maximum atomic E-state index is 12.6. The van der Waals surface area contributed by atoms with Crippen molar-refractivity contribution in [3.8, 4) is 0 Å². The zero-order valence-electron chi connectivity index (χ0n) is 14.9. The van der Waals surface area contributed by atoms with Crippen LogP contribution in [0, 0.1) is 6.92 Å². The van der Waals surface area contributed by atoms with Gasteiger partial charge in [0.2, 0.25) is 0 Å². The van der Waals surface area contributed by atoms with Crippen LogP contribution >= 0.6 is 15.9 Å². The van der Waals surface area contributed by atoms with Gasteiger partial charge in [-0.15, -0.1) is 0 Å². The molecule has 28 heavy (non-hydrogen) atoms. The van der Waals surface area contributed by atoms with E-state index in [0.29, 0.717) is 28.1 Å². The molecular formula is C22H15BrN2O3. The number of hydrogen-bond acceptors (Lipinski definition) is 3. The van der Waals surface area contributed by atoms with Gasteiger partial charge in [-0.2, -0.15) is 0 Å². The number of fused-ring (bicyclic) bond motifs is 1. The number of imide groups is 1. The normalized spacial score (nSPS) is 12.9. The van der Waals surface area contributed by atoms with Crippen LogP contribution in [0.4, 0.5) is 11.4 Å². The first-order valence-corrected chi connectivity index (χ1v) is 9.40. The maximum absolute atomic E-state index is 12.6. The van der Waals surface area contributed by atoms with E-state index in [-0.39, 0.29) is 17.7 Å². The Morgan fingerprint density at radius 2 is 1.50 bits per heavy atom. The van der Waals surface area contributed by atoms with Crippen molar-refractivity contribution in [2.75, 3.05) is 10.2 Å². The highest BCUT2D eigenvalue weighted by Gasteiger charge is 2.36. The lowest BCUT2D eigenvalue weighted by Gasteiger charge is -2.14. The molecule has 0 aromatic heterocycles. The highest BCUT2D eigenvalue weighted by atomic mass is 79.9. The second-order valence-corrected chi connectivity index (χ2v) is 7.33. The van der Waals surface area contributed by atoms with Crippen LogP contribution in [0.1, 0.15) is 36.6 Å². The molecule has 0 unspecified atom stereocenters. The summed E-state index contributed by atoms with van der Waals surface area (Å²) in [7, 11) is 0. The average Bonchev–Trinajstić information content (AvgIpc) is 2.95. The molecule has 0 saturated heterocycles. The molecule has 0 radical (unpaired) electrons. The van der Waals surface area contributed by atoms with Crippen molar-refractivity contribution in [3.63, 3.8) is 0 Å². The van der Waals surface area contributed by atoms with Gasteiger partial charge in [0.25, 0.3) is 17.7 Å². The van der Waals surface area contributed by atoms with Crippen LogP contribution in [0.15, 0.2) is 71.2 Å². The number of anilines is 2. The quantitative estimate of drug-likeness (QED) is 0.601. The largest absolute Gasteiger partial charge is 0.321 e. The SMILES string of the molecule is Cc1ccc(NC(=O)c2ccc(N3C(=O)c4ccccc4C3=O)cc2)c(Br)c1. The van der Waals surface area contributed by atoms with E-state index in [1.807, 2.05) is 25.1 Å². The van der Waals surface area contributed by atoms with E-state index in [4.69, 9.17) is 0 Å². The lowest BCUT2D eigenvalue weighted by molar-refractivity contribution is 0.0925. The first kappa shape index (κ1) is 18.1. The highest BCUT2D eigenvalue weighted by Crippen LogP contribution is 2.29. The number of nitrogens with zero attached hydrogens (tertiary/aromatic N) is 1. The Labute approximate surface area is 170 Å². The number of amides is 3. The number of rotatable bonds is 3. The number of benzene rings is 3. The molecule has 1 heterocycles. The summed E-state index contributed by atoms with van der Waals surface area (Å²) in [6, 6.07) is 18.8. The topological polar surface area (TPSA) is 66.5 Å². The van der Waals surface area contributed by atoms with Gasteiger partial charge in [-0.1, -0.05) is 18.2 Å². The van der Waals surface area contributed by atoms with Gasteiger partial charge >= 0.3 is 0 Å². The molecule has 0 spiro atoms. The Kier molecular flexibility index (Phi) is 4.57. The third-order valence-electron chi connectivity index (χ3n) is 4.55. The zero-order valence-corrected chi connectivity index (χ0v) is 16.5. The van der Waals surface area contributed by atoms with Gasteiger partial charge in [0.1, 0.15) is 0 Å². The van der Waals surface area contributed by atoms with Crippen LogP contribution in [-0.4, -0.2) is 17.7 Å². The summed E-state index contributed by atoms with van der Waals surface area (Å²) < 4.78 is 0.795. The fraction of sp³-hybridized carbons (Fsp3) is 0.0455. The number of carbonyl (C=O) groups excluding carboxylic acids is 3. The predicted octanol–water partition coefficient (Wildman–Crippen LogP) is 4.81. The summed E-state index contributed by atoms with van der Waals surface area (Å²) in [6.45, 7) is 1.97. The Morgan fingerprint density at radius 3 is 2.07 bits per heavy atom. The molecule has 0 aliphatic carbocycles. The van der Waals surface area contributed by atoms with Gasteiger partial charge in [0.15, 0.2) is 0 Å². The van der Waals surface area contributed by atoms with Crippen molar-refractivity contribution in [1.29, 1.82) is 0 Å². The van der Waals surface area contributed by atoms with Gasteiger partial charge in [-0.25, -0.2) is 4.90 Å². The molecule has 1 N–H and O–H groups in total. The second-order valence-electron chi connectivity index (χ2n) is 6.48. The number of carbonyl (C=O) groups is 3. The molecule has 1 aliphatic rings. The van der Waals surface area contributed by atoms with E-state index in [9.17, 15) is 14.4 Å². The number of hydrogen-bond donors (Lipinski definition) is 1. The summed E-state index contributed by atoms with van der Waals surface area (Å²) in [5.41, 5.74) is 3.37. The van der Waals surface area contributed by atoms with Crippen molar-refractivity contribution in [2.24, 2.45) is 0 Å². The van der Waals surface area contributed by atoms with Crippen molar-refractivity contribution in [1.82, 2.24) is 0 Å². The molecule has 0 saturated carbocycles. The molecule has 0 atom stereocenters. The van der Waals surface area contributed by atoms with Gasteiger partial charge < -0.3 is 5.32 Å². The Bertz CT molecular complexity index is 1090. The maximum Gasteiger partial charge on any atom is 0.266 e. The number of halogens is 1. The van der Waals surface area contributed by atoms with Crippen molar-refractivity contribution in [3.05, 3.63) is 93.5 Å². The minimum atomic E-state index is -0.360. The molecule has 1 aliphatic heterocycles. The van der Waals surface area contributed by atoms with E-state index in [0.717, 1.165) is 14.9 Å². The predicted molar refractivity (Wildman–Crippen MR) is 111 cm³/mol. The van der Waals surface area contributed by atoms with Crippen LogP contribution in [0.25, 0.3) is 0 Å². The van der Waals surface area contributed by atoms with Crippen molar-refractivity contribution in [2.45, 2.75) is 6.92 Å². The first-order chi connectivity index (χ1) is 13.5. The molecule has 3 amide bonds. The summed E-state index contributed by atoms with van der Waals surface area (Å²) in [5, 5.41) is 2.84. The van der Waals surface area contributed by atoms with Crippen molar-refractivity contribution < 1.29 is 14.4 Å². The number of nitrogens with one attached hydrogen (secondary N) is 1. The highest BCUT2D eigenvalue weighted by molar-refractivity contribution is 9.10. The van der Waals surface area contributed by atoms with Crippen LogP contribution < -0.4 is 10.2 Å². The van der Waals surface area contributed by atoms with Crippen LogP contribution in [0.2, 0.25) is 0 Å². The van der Waals surface area contributed by atoms with E-state index < -0.39 is 0 Å². The van der Waals surface area contributed by atoms with Crippen LogP contribution in [0.3, 0.4) is 0 Å². The fourth-order valence-electron chi connectivity index (χ4n) is 3.10. The molecule has 5 nitrogen and oxygen atoms in total. The molecule has 0 bridgehead atoms. The fourth-order valence-corrected chi connectivity index (χ4v) is 3.69. The van der Waals surface area contributed by atoms with Crippen LogP contribution in [0.5, 0.6) is 0 Å². The molecule has 3 aromatic rings. The third kappa shape index (κ3) is 3.12. The molecule has 4 rings (SSSR count). The average molecular weight is 435 g/mol. The minimum Gasteiger partial charge on any atom is -0.321 e. The lowest BCUT2D eigenvalue weighted by Crippen LogP contribution is -2.29. The van der Waals surface area contributed by atoms with Crippen molar-refractivity contribution >= 4 is 45.0 Å². The zero-order chi connectivity index (χ0) is 19.8. The second kappa shape index (κ2) is 7.05. The molecular weight excluding hydrogens is 420 g/mol. The van der Waals surface area contributed by atoms with Gasteiger partial charge in [-0.05, 0) is 76.9 Å². The smallest absolute Gasteiger partial charge is 0.266 e. The van der Waals surface area contributed by atoms with E-state index >= 15 is 0 Å².